The molecule has 1 N–H and O–H groups in total. The normalized spacial score (nSPS) is 15.0. The Hall–Kier alpha value is -3.19. The van der Waals surface area contributed by atoms with Crippen molar-refractivity contribution in [2.24, 2.45) is 7.05 Å². The topological polar surface area (TPSA) is 96.2 Å². The highest BCUT2D eigenvalue weighted by Crippen LogP contribution is 2.34. The number of thioether (sulfide) groups is 1. The standard InChI is InChI=1S/C21H22F3N7O2S/c1-29-19-14(10-27-29)20(26-13-25-19)34-12-18(33)31-8-6-30(7-9-31)11-17(32)28-16-5-3-2-4-15(16)21(22,23)24/h2-5,10,13H,6-9,11-12H2,1H3,(H,28,32). The second kappa shape index (κ2) is 9.97. The molecule has 9 nitrogen and oxygen atoms in total. The lowest BCUT2D eigenvalue weighted by Crippen LogP contribution is -2.50. The maximum Gasteiger partial charge on any atom is 0.418 e. The predicted molar refractivity (Wildman–Crippen MR) is 120 cm³/mol. The Labute approximate surface area is 197 Å². The Kier molecular flexibility index (Phi) is 7.03. The van der Waals surface area contributed by atoms with E-state index in [0.29, 0.717) is 36.9 Å². The van der Waals surface area contributed by atoms with Crippen molar-refractivity contribution in [2.75, 3.05) is 43.8 Å². The fraction of sp³-hybridized carbons (Fsp3) is 0.381. The molecule has 0 radical (unpaired) electrons. The van der Waals surface area contributed by atoms with Crippen LogP contribution in [0, 0.1) is 0 Å². The van der Waals surface area contributed by atoms with Gasteiger partial charge < -0.3 is 10.2 Å². The number of aryl methyl sites for hydroxylation is 1. The maximum absolute atomic E-state index is 13.1. The number of nitrogens with zero attached hydrogens (tertiary/aromatic N) is 6. The van der Waals surface area contributed by atoms with Crippen molar-refractivity contribution < 1.29 is 22.8 Å². The quantitative estimate of drug-likeness (QED) is 0.416. The zero-order valence-corrected chi connectivity index (χ0v) is 19.1. The summed E-state index contributed by atoms with van der Waals surface area (Å²) in [5.74, 6) is -0.379. The Morgan fingerprint density at radius 2 is 1.85 bits per heavy atom. The third kappa shape index (κ3) is 5.47. The van der Waals surface area contributed by atoms with Gasteiger partial charge in [0.25, 0.3) is 0 Å². The van der Waals surface area contributed by atoms with Crippen LogP contribution in [0.3, 0.4) is 0 Å². The van der Waals surface area contributed by atoms with Gasteiger partial charge in [0, 0.05) is 33.2 Å². The average Bonchev–Trinajstić information content (AvgIpc) is 3.19. The summed E-state index contributed by atoms with van der Waals surface area (Å²) in [4.78, 5) is 36.9. The van der Waals surface area contributed by atoms with Crippen LogP contribution in [0.1, 0.15) is 5.56 Å². The predicted octanol–water partition coefficient (Wildman–Crippen LogP) is 2.26. The molecule has 2 amide bonds. The number of hydrogen-bond acceptors (Lipinski definition) is 7. The monoisotopic (exact) mass is 493 g/mol. The minimum Gasteiger partial charge on any atom is -0.339 e. The molecule has 2 aromatic heterocycles. The van der Waals surface area contributed by atoms with Gasteiger partial charge in [-0.1, -0.05) is 23.9 Å². The first-order valence-corrected chi connectivity index (χ1v) is 11.4. The van der Waals surface area contributed by atoms with E-state index in [1.807, 2.05) is 4.90 Å². The molecule has 3 aromatic rings. The smallest absolute Gasteiger partial charge is 0.339 e. The summed E-state index contributed by atoms with van der Waals surface area (Å²) >= 11 is 1.32. The molecule has 180 valence electrons. The zero-order chi connectivity index (χ0) is 24.3. The molecule has 0 unspecified atom stereocenters. The van der Waals surface area contributed by atoms with Crippen LogP contribution in [-0.4, -0.2) is 79.8 Å². The molecule has 34 heavy (non-hydrogen) atoms. The highest BCUT2D eigenvalue weighted by molar-refractivity contribution is 8.00. The molecule has 1 fully saturated rings. The molecule has 1 saturated heterocycles. The van der Waals surface area contributed by atoms with Crippen LogP contribution >= 0.6 is 11.8 Å². The Morgan fingerprint density at radius 3 is 2.59 bits per heavy atom. The van der Waals surface area contributed by atoms with E-state index in [1.54, 1.807) is 22.8 Å². The summed E-state index contributed by atoms with van der Waals surface area (Å²) in [5.41, 5.74) is -0.462. The number of carbonyl (C=O) groups is 2. The fourth-order valence-electron chi connectivity index (χ4n) is 3.66. The van der Waals surface area contributed by atoms with Crippen molar-refractivity contribution in [2.45, 2.75) is 11.2 Å². The number of hydrogen-bond donors (Lipinski definition) is 1. The Balaban J connectivity index is 1.25. The maximum atomic E-state index is 13.1. The van der Waals surface area contributed by atoms with Crippen molar-refractivity contribution in [3.8, 4) is 0 Å². The summed E-state index contributed by atoms with van der Waals surface area (Å²) in [7, 11) is 1.78. The van der Waals surface area contributed by atoms with Crippen molar-refractivity contribution in [1.29, 1.82) is 0 Å². The highest BCUT2D eigenvalue weighted by atomic mass is 32.2. The van der Waals surface area contributed by atoms with E-state index in [-0.39, 0.29) is 23.9 Å². The summed E-state index contributed by atoms with van der Waals surface area (Å²) < 4.78 is 41.0. The number of amides is 2. The van der Waals surface area contributed by atoms with E-state index in [1.165, 1.54) is 36.3 Å². The molecule has 1 aliphatic rings. The van der Waals surface area contributed by atoms with E-state index in [2.05, 4.69) is 20.4 Å². The number of aromatic nitrogens is 4. The van der Waals surface area contributed by atoms with E-state index in [0.717, 1.165) is 11.5 Å². The fourth-order valence-corrected chi connectivity index (χ4v) is 4.53. The van der Waals surface area contributed by atoms with Gasteiger partial charge in [-0.2, -0.15) is 18.3 Å². The molecular formula is C21H22F3N7O2S. The number of para-hydroxylation sites is 1. The van der Waals surface area contributed by atoms with E-state index in [4.69, 9.17) is 0 Å². The summed E-state index contributed by atoms with van der Waals surface area (Å²) in [6.45, 7) is 1.70. The summed E-state index contributed by atoms with van der Waals surface area (Å²) in [6, 6.07) is 4.87. The van der Waals surface area contributed by atoms with Crippen molar-refractivity contribution in [3.63, 3.8) is 0 Å². The van der Waals surface area contributed by atoms with Gasteiger partial charge in [0.1, 0.15) is 11.4 Å². The number of nitrogens with one attached hydrogen (secondary N) is 1. The number of anilines is 1. The number of carbonyl (C=O) groups excluding carboxylic acids is 2. The van der Waals surface area contributed by atoms with Crippen molar-refractivity contribution in [1.82, 2.24) is 29.5 Å². The van der Waals surface area contributed by atoms with Gasteiger partial charge in [0.15, 0.2) is 5.65 Å². The molecular weight excluding hydrogens is 471 g/mol. The number of halogens is 3. The van der Waals surface area contributed by atoms with E-state index < -0.39 is 17.6 Å². The number of benzene rings is 1. The zero-order valence-electron chi connectivity index (χ0n) is 18.2. The molecule has 0 atom stereocenters. The number of rotatable bonds is 6. The first-order valence-electron chi connectivity index (χ1n) is 10.4. The molecule has 0 spiro atoms. The lowest BCUT2D eigenvalue weighted by atomic mass is 10.1. The van der Waals surface area contributed by atoms with Gasteiger partial charge in [0.2, 0.25) is 11.8 Å². The van der Waals surface area contributed by atoms with Gasteiger partial charge in [-0.3, -0.25) is 19.2 Å². The van der Waals surface area contributed by atoms with Crippen LogP contribution in [0.4, 0.5) is 18.9 Å². The molecule has 0 bridgehead atoms. The van der Waals surface area contributed by atoms with Gasteiger partial charge in [-0.25, -0.2) is 9.97 Å². The lowest BCUT2D eigenvalue weighted by Gasteiger charge is -2.34. The van der Waals surface area contributed by atoms with Crippen molar-refractivity contribution >= 4 is 40.3 Å². The van der Waals surface area contributed by atoms with Crippen LogP contribution < -0.4 is 5.32 Å². The summed E-state index contributed by atoms with van der Waals surface area (Å²) in [6.07, 6.45) is -1.45. The molecule has 0 aliphatic carbocycles. The largest absolute Gasteiger partial charge is 0.418 e. The van der Waals surface area contributed by atoms with Gasteiger partial charge in [0.05, 0.1) is 35.1 Å². The first kappa shape index (κ1) is 24.0. The minimum absolute atomic E-state index is 0.0520. The second-order valence-corrected chi connectivity index (χ2v) is 8.69. The molecule has 1 aliphatic heterocycles. The molecule has 0 saturated carbocycles. The van der Waals surface area contributed by atoms with Gasteiger partial charge >= 0.3 is 6.18 Å². The van der Waals surface area contributed by atoms with Crippen LogP contribution in [0.25, 0.3) is 11.0 Å². The lowest BCUT2D eigenvalue weighted by molar-refractivity contribution is -0.137. The van der Waals surface area contributed by atoms with Gasteiger partial charge in [-0.15, -0.1) is 0 Å². The molecule has 13 heteroatoms. The van der Waals surface area contributed by atoms with E-state index >= 15 is 0 Å². The molecule has 1 aromatic carbocycles. The van der Waals surface area contributed by atoms with Crippen LogP contribution in [0.2, 0.25) is 0 Å². The first-order chi connectivity index (χ1) is 16.2. The third-order valence-electron chi connectivity index (χ3n) is 5.42. The van der Waals surface area contributed by atoms with Crippen molar-refractivity contribution in [3.05, 3.63) is 42.4 Å². The minimum atomic E-state index is -4.55. The van der Waals surface area contributed by atoms with Gasteiger partial charge in [-0.05, 0) is 12.1 Å². The number of alkyl halides is 3. The second-order valence-electron chi connectivity index (χ2n) is 7.72. The highest BCUT2D eigenvalue weighted by Gasteiger charge is 2.33. The Morgan fingerprint density at radius 1 is 1.12 bits per heavy atom. The van der Waals surface area contributed by atoms with Crippen LogP contribution in [0.15, 0.2) is 41.8 Å². The number of fused-ring (bicyclic) bond motifs is 1. The average molecular weight is 494 g/mol. The molecule has 4 rings (SSSR count). The Bertz CT molecular complexity index is 1190. The third-order valence-corrected chi connectivity index (χ3v) is 6.41. The van der Waals surface area contributed by atoms with Crippen LogP contribution in [0.5, 0.6) is 0 Å². The van der Waals surface area contributed by atoms with Crippen LogP contribution in [-0.2, 0) is 22.8 Å². The number of piperazine rings is 1. The van der Waals surface area contributed by atoms with E-state index in [9.17, 15) is 22.8 Å². The summed E-state index contributed by atoms with van der Waals surface area (Å²) in [5, 5.41) is 7.97. The molecule has 3 heterocycles. The SMILES string of the molecule is Cn1ncc2c(SCC(=O)N3CCN(CC(=O)Nc4ccccc4C(F)(F)F)CC3)ncnc21.